The van der Waals surface area contributed by atoms with E-state index in [2.05, 4.69) is 24.2 Å². The van der Waals surface area contributed by atoms with E-state index in [0.29, 0.717) is 5.92 Å². The summed E-state index contributed by atoms with van der Waals surface area (Å²) in [6, 6.07) is -0.495. The van der Waals surface area contributed by atoms with E-state index in [1.807, 2.05) is 20.8 Å². The summed E-state index contributed by atoms with van der Waals surface area (Å²) in [7, 11) is 0. The van der Waals surface area contributed by atoms with Crippen molar-refractivity contribution in [1.82, 2.24) is 0 Å². The molecule has 0 fully saturated rings. The molecule has 5 unspecified atom stereocenters. The highest BCUT2D eigenvalue weighted by molar-refractivity contribution is 4.83. The Morgan fingerprint density at radius 2 is 1.50 bits per heavy atom. The molecule has 0 heterocycles. The largest absolute Gasteiger partial charge is 0.151 e. The van der Waals surface area contributed by atoms with Crippen LogP contribution in [0.4, 0.5) is 0 Å². The van der Waals surface area contributed by atoms with Crippen LogP contribution in [0, 0.1) is 27.6 Å². The van der Waals surface area contributed by atoms with E-state index in [1.54, 1.807) is 0 Å². The van der Waals surface area contributed by atoms with Crippen LogP contribution in [0.3, 0.4) is 0 Å². The second kappa shape index (κ2) is 9.17. The predicted octanol–water partition coefficient (Wildman–Crippen LogP) is 4.76. The van der Waals surface area contributed by atoms with Crippen LogP contribution in [-0.4, -0.2) is 12.1 Å². The standard InChI is InChI=1S/C14H28N2O2/c1-6-7-8-10(2)9-14(13(5)16-18)11(3)12(4)15-17/h10-14H,6-9H2,1-5H3. The third-order valence-corrected chi connectivity index (χ3v) is 4.11. The Bertz CT molecular complexity index is 246. The zero-order valence-corrected chi connectivity index (χ0v) is 12.4. The van der Waals surface area contributed by atoms with Gasteiger partial charge in [0, 0.05) is 0 Å². The maximum Gasteiger partial charge on any atom is 0.0923 e. The highest BCUT2D eigenvalue weighted by Crippen LogP contribution is 2.30. The van der Waals surface area contributed by atoms with Crippen LogP contribution in [0.1, 0.15) is 60.3 Å². The summed E-state index contributed by atoms with van der Waals surface area (Å²) in [5, 5.41) is 6.27. The molecule has 0 aliphatic carbocycles. The Hall–Kier alpha value is -0.800. The molecule has 0 amide bonds. The van der Waals surface area contributed by atoms with Crippen LogP contribution in [0.15, 0.2) is 10.4 Å². The molecule has 5 atom stereocenters. The molecule has 0 saturated carbocycles. The zero-order valence-electron chi connectivity index (χ0n) is 12.4. The quantitative estimate of drug-likeness (QED) is 0.529. The zero-order chi connectivity index (χ0) is 14.1. The molecule has 0 spiro atoms. The van der Waals surface area contributed by atoms with Crippen molar-refractivity contribution in [3.05, 3.63) is 9.81 Å². The van der Waals surface area contributed by atoms with E-state index >= 15 is 0 Å². The minimum Gasteiger partial charge on any atom is -0.151 e. The summed E-state index contributed by atoms with van der Waals surface area (Å²) in [4.78, 5) is 21.5. The molecule has 0 N–H and O–H groups in total. The average Bonchev–Trinajstić information content (AvgIpc) is 2.39. The van der Waals surface area contributed by atoms with Gasteiger partial charge < -0.3 is 0 Å². The summed E-state index contributed by atoms with van der Waals surface area (Å²) in [6.07, 6.45) is 4.53. The molecule has 0 saturated heterocycles. The fourth-order valence-electron chi connectivity index (χ4n) is 2.52. The molecule has 18 heavy (non-hydrogen) atoms. The highest BCUT2D eigenvalue weighted by Gasteiger charge is 2.30. The lowest BCUT2D eigenvalue weighted by atomic mass is 9.77. The predicted molar refractivity (Wildman–Crippen MR) is 76.5 cm³/mol. The van der Waals surface area contributed by atoms with E-state index in [1.165, 1.54) is 19.3 Å². The molecule has 0 aromatic heterocycles. The normalized spacial score (nSPS) is 19.6. The molecular formula is C14H28N2O2. The fraction of sp³-hybridized carbons (Fsp3) is 1.00. The smallest absolute Gasteiger partial charge is 0.0923 e. The molecule has 0 bridgehead atoms. The lowest BCUT2D eigenvalue weighted by molar-refractivity contribution is 0.225. The summed E-state index contributed by atoms with van der Waals surface area (Å²) < 4.78 is 0. The van der Waals surface area contributed by atoms with Gasteiger partial charge in [0.15, 0.2) is 0 Å². The van der Waals surface area contributed by atoms with Crippen molar-refractivity contribution in [2.24, 2.45) is 28.1 Å². The summed E-state index contributed by atoms with van der Waals surface area (Å²) in [5.41, 5.74) is 0. The number of unbranched alkanes of at least 4 members (excludes halogenated alkanes) is 1. The first-order valence-corrected chi connectivity index (χ1v) is 7.12. The van der Waals surface area contributed by atoms with E-state index in [9.17, 15) is 9.81 Å². The van der Waals surface area contributed by atoms with Gasteiger partial charge >= 0.3 is 0 Å². The van der Waals surface area contributed by atoms with Crippen molar-refractivity contribution < 1.29 is 0 Å². The molecule has 4 nitrogen and oxygen atoms in total. The lowest BCUT2D eigenvalue weighted by Gasteiger charge is -2.29. The van der Waals surface area contributed by atoms with E-state index in [4.69, 9.17) is 0 Å². The van der Waals surface area contributed by atoms with Crippen LogP contribution < -0.4 is 0 Å². The number of nitroso groups, excluding NO2 is 2. The van der Waals surface area contributed by atoms with Crippen molar-refractivity contribution in [2.45, 2.75) is 72.4 Å². The van der Waals surface area contributed by atoms with Gasteiger partial charge in [-0.25, -0.2) is 0 Å². The lowest BCUT2D eigenvalue weighted by Crippen LogP contribution is -2.30. The Morgan fingerprint density at radius 3 is 1.94 bits per heavy atom. The fourth-order valence-corrected chi connectivity index (χ4v) is 2.52. The van der Waals surface area contributed by atoms with Crippen molar-refractivity contribution in [3.63, 3.8) is 0 Å². The van der Waals surface area contributed by atoms with Crippen LogP contribution in [-0.2, 0) is 0 Å². The molecule has 0 aromatic rings. The maximum absolute atomic E-state index is 10.8. The van der Waals surface area contributed by atoms with Crippen molar-refractivity contribution >= 4 is 0 Å². The maximum atomic E-state index is 10.8. The second-order valence-corrected chi connectivity index (χ2v) is 5.70. The van der Waals surface area contributed by atoms with Gasteiger partial charge in [0.05, 0.1) is 12.1 Å². The molecule has 0 aromatic carbocycles. The Kier molecular flexibility index (Phi) is 8.77. The Balaban J connectivity index is 4.57. The third-order valence-electron chi connectivity index (χ3n) is 4.11. The number of nitrogens with zero attached hydrogens (tertiary/aromatic N) is 2. The first-order chi connectivity index (χ1) is 8.47. The van der Waals surface area contributed by atoms with Gasteiger partial charge in [0.2, 0.25) is 0 Å². The van der Waals surface area contributed by atoms with Crippen LogP contribution in [0.2, 0.25) is 0 Å². The molecule has 0 radical (unpaired) electrons. The summed E-state index contributed by atoms with van der Waals surface area (Å²) >= 11 is 0. The van der Waals surface area contributed by atoms with Crippen molar-refractivity contribution in [2.75, 3.05) is 0 Å². The van der Waals surface area contributed by atoms with Gasteiger partial charge in [-0.15, -0.1) is 0 Å². The topological polar surface area (TPSA) is 58.9 Å². The van der Waals surface area contributed by atoms with Gasteiger partial charge in [0.1, 0.15) is 0 Å². The first-order valence-electron chi connectivity index (χ1n) is 7.12. The van der Waals surface area contributed by atoms with Gasteiger partial charge in [0.25, 0.3) is 0 Å². The van der Waals surface area contributed by atoms with Gasteiger partial charge in [-0.2, -0.15) is 9.81 Å². The molecule has 0 aliphatic rings. The number of hydrogen-bond acceptors (Lipinski definition) is 4. The minimum atomic E-state index is -0.252. The Labute approximate surface area is 111 Å². The SMILES string of the molecule is CCCCC(C)CC(C(C)N=O)C(C)C(C)N=O. The average molecular weight is 256 g/mol. The van der Waals surface area contributed by atoms with Gasteiger partial charge in [-0.05, 0) is 38.0 Å². The monoisotopic (exact) mass is 256 g/mol. The second-order valence-electron chi connectivity index (χ2n) is 5.70. The first kappa shape index (κ1) is 17.2. The summed E-state index contributed by atoms with van der Waals surface area (Å²) in [6.45, 7) is 10.1. The van der Waals surface area contributed by atoms with Crippen molar-refractivity contribution in [3.8, 4) is 0 Å². The van der Waals surface area contributed by atoms with Crippen molar-refractivity contribution in [1.29, 1.82) is 0 Å². The molecule has 106 valence electrons. The Morgan fingerprint density at radius 1 is 0.944 bits per heavy atom. The van der Waals surface area contributed by atoms with E-state index in [-0.39, 0.29) is 23.9 Å². The molecular weight excluding hydrogens is 228 g/mol. The van der Waals surface area contributed by atoms with Crippen LogP contribution >= 0.6 is 0 Å². The molecule has 0 rings (SSSR count). The summed E-state index contributed by atoms with van der Waals surface area (Å²) in [5.74, 6) is 0.835. The molecule has 0 aliphatic heterocycles. The number of rotatable bonds is 10. The van der Waals surface area contributed by atoms with E-state index < -0.39 is 0 Å². The van der Waals surface area contributed by atoms with Crippen LogP contribution in [0.25, 0.3) is 0 Å². The minimum absolute atomic E-state index is 0.110. The highest BCUT2D eigenvalue weighted by atomic mass is 16.3. The number of hydrogen-bond donors (Lipinski definition) is 0. The van der Waals surface area contributed by atoms with E-state index in [0.717, 1.165) is 6.42 Å². The third kappa shape index (κ3) is 5.69. The van der Waals surface area contributed by atoms with Crippen LogP contribution in [0.5, 0.6) is 0 Å². The van der Waals surface area contributed by atoms with Gasteiger partial charge in [-0.3, -0.25) is 0 Å². The molecule has 4 heteroatoms. The van der Waals surface area contributed by atoms with Gasteiger partial charge in [-0.1, -0.05) is 50.4 Å².